The predicted octanol–water partition coefficient (Wildman–Crippen LogP) is 3.42. The number of esters is 1. The first-order valence-electron chi connectivity index (χ1n) is 9.69. The Balaban J connectivity index is 1.78. The summed E-state index contributed by atoms with van der Waals surface area (Å²) in [7, 11) is 1.48. The van der Waals surface area contributed by atoms with Gasteiger partial charge in [-0.1, -0.05) is 19.9 Å². The molecule has 2 bridgehead atoms. The molecule has 6 atom stereocenters. The van der Waals surface area contributed by atoms with Gasteiger partial charge in [-0.2, -0.15) is 0 Å². The summed E-state index contributed by atoms with van der Waals surface area (Å²) >= 11 is 0. The second-order valence-corrected chi connectivity index (χ2v) is 9.62. The van der Waals surface area contributed by atoms with Crippen LogP contribution in [0.15, 0.2) is 12.2 Å². The Morgan fingerprint density at radius 3 is 2.52 bits per heavy atom. The highest BCUT2D eigenvalue weighted by molar-refractivity contribution is 6.04. The summed E-state index contributed by atoms with van der Waals surface area (Å²) in [6, 6.07) is 0. The molecular formula is C21H30O4. The monoisotopic (exact) mass is 346 g/mol. The van der Waals surface area contributed by atoms with Crippen molar-refractivity contribution in [3.8, 4) is 0 Å². The second kappa shape index (κ2) is 4.97. The van der Waals surface area contributed by atoms with Crippen molar-refractivity contribution >= 4 is 11.8 Å². The Morgan fingerprint density at radius 2 is 1.84 bits per heavy atom. The van der Waals surface area contributed by atoms with Crippen molar-refractivity contribution in [2.75, 3.05) is 7.11 Å². The molecule has 4 heteroatoms. The van der Waals surface area contributed by atoms with E-state index in [0.717, 1.165) is 38.5 Å². The van der Waals surface area contributed by atoms with Crippen molar-refractivity contribution < 1.29 is 19.4 Å². The lowest BCUT2D eigenvalue weighted by Crippen LogP contribution is -2.60. The van der Waals surface area contributed by atoms with Crippen molar-refractivity contribution in [2.45, 2.75) is 70.8 Å². The maximum absolute atomic E-state index is 13.2. The van der Waals surface area contributed by atoms with Crippen LogP contribution in [0.2, 0.25) is 0 Å². The highest BCUT2D eigenvalue weighted by Gasteiger charge is 2.71. The molecule has 25 heavy (non-hydrogen) atoms. The van der Waals surface area contributed by atoms with Crippen LogP contribution >= 0.6 is 0 Å². The molecule has 0 aromatic rings. The first-order chi connectivity index (χ1) is 11.6. The third-order valence-corrected chi connectivity index (χ3v) is 8.71. The molecule has 4 fully saturated rings. The van der Waals surface area contributed by atoms with Gasteiger partial charge in [0.25, 0.3) is 0 Å². The van der Waals surface area contributed by atoms with Gasteiger partial charge in [0.1, 0.15) is 0 Å². The largest absolute Gasteiger partial charge is 0.469 e. The van der Waals surface area contributed by atoms with Gasteiger partial charge in [-0.25, -0.2) is 0 Å². The predicted molar refractivity (Wildman–Crippen MR) is 93.7 cm³/mol. The molecule has 4 aliphatic carbocycles. The van der Waals surface area contributed by atoms with Crippen LogP contribution in [0.4, 0.5) is 0 Å². The molecule has 4 aliphatic rings. The smallest absolute Gasteiger partial charge is 0.311 e. The lowest BCUT2D eigenvalue weighted by atomic mass is 9.40. The van der Waals surface area contributed by atoms with Crippen LogP contribution in [-0.2, 0) is 14.3 Å². The number of ketones is 1. The molecule has 1 spiro atoms. The van der Waals surface area contributed by atoms with Crippen LogP contribution in [0.25, 0.3) is 0 Å². The molecule has 0 unspecified atom stereocenters. The zero-order valence-electron chi connectivity index (χ0n) is 15.7. The molecule has 0 aliphatic heterocycles. The van der Waals surface area contributed by atoms with E-state index < -0.39 is 16.4 Å². The van der Waals surface area contributed by atoms with Gasteiger partial charge < -0.3 is 9.84 Å². The van der Waals surface area contributed by atoms with E-state index in [4.69, 9.17) is 4.74 Å². The third kappa shape index (κ3) is 1.87. The van der Waals surface area contributed by atoms with Gasteiger partial charge in [-0.15, -0.1) is 0 Å². The molecule has 1 N–H and O–H groups in total. The van der Waals surface area contributed by atoms with Crippen molar-refractivity contribution in [3.05, 3.63) is 12.2 Å². The summed E-state index contributed by atoms with van der Waals surface area (Å²) in [6.45, 7) is 8.32. The standard InChI is InChI=1S/C21H30O4/c1-13-16(22)20-10-6-14-18(2,15(20)7-11-21(13,24)12-20)8-5-9-19(14,3)17(23)25-4/h14-15,24H,1,5-12H2,2-4H3/t14-,15-,18-,19-,20+,21-/m1/s1. The van der Waals surface area contributed by atoms with Crippen molar-refractivity contribution in [1.29, 1.82) is 0 Å². The number of carbonyl (C=O) groups excluding carboxylic acids is 2. The number of rotatable bonds is 1. The molecule has 0 radical (unpaired) electrons. The molecule has 0 amide bonds. The van der Waals surface area contributed by atoms with E-state index in [1.54, 1.807) is 0 Å². The van der Waals surface area contributed by atoms with E-state index in [-0.39, 0.29) is 29.0 Å². The molecule has 0 heterocycles. The van der Waals surface area contributed by atoms with Crippen molar-refractivity contribution in [1.82, 2.24) is 0 Å². The summed E-state index contributed by atoms with van der Waals surface area (Å²) in [5.74, 6) is 0.469. The number of hydrogen-bond acceptors (Lipinski definition) is 4. The summed E-state index contributed by atoms with van der Waals surface area (Å²) in [4.78, 5) is 25.8. The fourth-order valence-corrected chi connectivity index (χ4v) is 7.60. The van der Waals surface area contributed by atoms with Crippen LogP contribution in [0.1, 0.15) is 65.2 Å². The number of ether oxygens (including phenoxy) is 1. The molecule has 4 saturated carbocycles. The summed E-state index contributed by atoms with van der Waals surface area (Å²) in [6.07, 6.45) is 6.55. The molecule has 0 aromatic carbocycles. The number of methoxy groups -OCH3 is 1. The van der Waals surface area contributed by atoms with Gasteiger partial charge in [0.2, 0.25) is 0 Å². The quantitative estimate of drug-likeness (QED) is 0.584. The van der Waals surface area contributed by atoms with E-state index >= 15 is 0 Å². The molecule has 0 aromatic heterocycles. The molecule has 4 nitrogen and oxygen atoms in total. The average Bonchev–Trinajstić information content (AvgIpc) is 2.71. The SMILES string of the molecule is C=C1C(=O)[C@]23CC[C@@H]4[C@@](C)(CCC[C@@]4(C)C(=O)OC)[C@H]2CC[C@@]1(O)C3. The highest BCUT2D eigenvalue weighted by Crippen LogP contribution is 2.71. The van der Waals surface area contributed by atoms with Gasteiger partial charge in [-0.3, -0.25) is 9.59 Å². The van der Waals surface area contributed by atoms with Gasteiger partial charge in [0, 0.05) is 11.0 Å². The van der Waals surface area contributed by atoms with Gasteiger partial charge in [0.15, 0.2) is 5.78 Å². The van der Waals surface area contributed by atoms with Crippen molar-refractivity contribution in [2.24, 2.45) is 28.1 Å². The minimum absolute atomic E-state index is 0.0545. The zero-order chi connectivity index (χ0) is 18.3. The molecular weight excluding hydrogens is 316 g/mol. The van der Waals surface area contributed by atoms with E-state index in [9.17, 15) is 14.7 Å². The van der Waals surface area contributed by atoms with Gasteiger partial charge in [0.05, 0.1) is 18.1 Å². The first kappa shape index (κ1) is 17.3. The fourth-order valence-electron chi connectivity index (χ4n) is 7.60. The van der Waals surface area contributed by atoms with Crippen molar-refractivity contribution in [3.63, 3.8) is 0 Å². The average molecular weight is 346 g/mol. The molecule has 138 valence electrons. The lowest BCUT2D eigenvalue weighted by Gasteiger charge is -2.63. The summed E-state index contributed by atoms with van der Waals surface area (Å²) in [5.41, 5.74) is -1.53. The lowest BCUT2D eigenvalue weighted by molar-refractivity contribution is -0.189. The number of hydrogen-bond donors (Lipinski definition) is 1. The van der Waals surface area contributed by atoms with Crippen LogP contribution in [0, 0.1) is 28.1 Å². The van der Waals surface area contributed by atoms with E-state index in [2.05, 4.69) is 20.4 Å². The second-order valence-electron chi connectivity index (χ2n) is 9.62. The minimum Gasteiger partial charge on any atom is -0.469 e. The highest BCUT2D eigenvalue weighted by atomic mass is 16.5. The van der Waals surface area contributed by atoms with Gasteiger partial charge in [-0.05, 0) is 69.1 Å². The Morgan fingerprint density at radius 1 is 1.16 bits per heavy atom. The molecule has 4 rings (SSSR count). The number of carbonyl (C=O) groups is 2. The topological polar surface area (TPSA) is 63.6 Å². The Hall–Kier alpha value is -1.16. The number of aliphatic hydroxyl groups is 1. The van der Waals surface area contributed by atoms with E-state index in [0.29, 0.717) is 18.4 Å². The minimum atomic E-state index is -0.989. The Kier molecular flexibility index (Phi) is 3.43. The third-order valence-electron chi connectivity index (χ3n) is 8.71. The van der Waals surface area contributed by atoms with Crippen LogP contribution < -0.4 is 0 Å². The fraction of sp³-hybridized carbons (Fsp3) is 0.810. The molecule has 0 saturated heterocycles. The Bertz CT molecular complexity index is 669. The van der Waals surface area contributed by atoms with Crippen LogP contribution in [0.5, 0.6) is 0 Å². The maximum Gasteiger partial charge on any atom is 0.311 e. The van der Waals surface area contributed by atoms with Crippen LogP contribution in [0.3, 0.4) is 0 Å². The number of Topliss-reactive ketones (excluding diaryl/α,β-unsaturated/α-hetero) is 1. The van der Waals surface area contributed by atoms with E-state index in [1.807, 2.05) is 0 Å². The first-order valence-corrected chi connectivity index (χ1v) is 9.69. The normalized spacial score (nSPS) is 51.7. The summed E-state index contributed by atoms with van der Waals surface area (Å²) in [5, 5.41) is 10.9. The number of fused-ring (bicyclic) bond motifs is 3. The van der Waals surface area contributed by atoms with E-state index in [1.165, 1.54) is 7.11 Å². The van der Waals surface area contributed by atoms with Gasteiger partial charge >= 0.3 is 5.97 Å². The maximum atomic E-state index is 13.2. The summed E-state index contributed by atoms with van der Waals surface area (Å²) < 4.78 is 5.18. The van der Waals surface area contributed by atoms with Crippen LogP contribution in [-0.4, -0.2) is 29.6 Å². The Labute approximate surface area is 150 Å². The zero-order valence-corrected chi connectivity index (χ0v) is 15.7.